The van der Waals surface area contributed by atoms with Crippen LogP contribution in [-0.2, 0) is 0 Å². The summed E-state index contributed by atoms with van der Waals surface area (Å²) < 4.78 is 0. The molecule has 0 aliphatic rings. The van der Waals surface area contributed by atoms with Crippen molar-refractivity contribution < 1.29 is 0 Å². The first-order valence-corrected chi connectivity index (χ1v) is 4.01. The van der Waals surface area contributed by atoms with E-state index >= 15 is 0 Å². The molecule has 0 saturated heterocycles. The Labute approximate surface area is 77.1 Å². The quantitative estimate of drug-likeness (QED) is 0.596. The van der Waals surface area contributed by atoms with Crippen LogP contribution in [0.4, 0.5) is 0 Å². The van der Waals surface area contributed by atoms with Crippen molar-refractivity contribution in [1.82, 2.24) is 9.97 Å². The molecule has 0 bridgehead atoms. The fourth-order valence-corrected chi connectivity index (χ4v) is 0.815. The van der Waals surface area contributed by atoms with Crippen molar-refractivity contribution in [1.29, 1.82) is 0 Å². The zero-order chi connectivity index (χ0) is 8.65. The van der Waals surface area contributed by atoms with Gasteiger partial charge in [0.15, 0.2) is 0 Å². The Bertz CT molecular complexity index is 261. The number of imidazole rings is 1. The molecule has 0 saturated carbocycles. The zero-order valence-electron chi connectivity index (χ0n) is 6.51. The minimum Gasteiger partial charge on any atom is -0.351 e. The molecule has 0 unspecified atom stereocenters. The predicted octanol–water partition coefficient (Wildman–Crippen LogP) is 2.38. The molecule has 3 heteroatoms. The lowest BCUT2D eigenvalue weighted by atomic mass is 10.4. The van der Waals surface area contributed by atoms with Crippen LogP contribution in [0.25, 0.3) is 0 Å². The van der Waals surface area contributed by atoms with Gasteiger partial charge in [0.1, 0.15) is 0 Å². The molecule has 1 aromatic carbocycles. The Hall–Kier alpha value is -1.22. The first-order valence-electron chi connectivity index (χ1n) is 3.56. The summed E-state index contributed by atoms with van der Waals surface area (Å²) in [6, 6.07) is 9.79. The number of nitrogens with one attached hydrogen (secondary N) is 1. The van der Waals surface area contributed by atoms with Crippen molar-refractivity contribution in [2.24, 2.45) is 0 Å². The van der Waals surface area contributed by atoms with E-state index in [1.807, 2.05) is 30.3 Å². The molecule has 1 aromatic heterocycles. The van der Waals surface area contributed by atoms with Gasteiger partial charge in [-0.25, -0.2) is 4.98 Å². The lowest BCUT2D eigenvalue weighted by Crippen LogP contribution is -1.56. The third-order valence-corrected chi connectivity index (χ3v) is 1.46. The monoisotopic (exact) mass is 178 g/mol. The summed E-state index contributed by atoms with van der Waals surface area (Å²) in [6.45, 7) is 0. The average Bonchev–Trinajstić information content (AvgIpc) is 2.62. The van der Waals surface area contributed by atoms with Gasteiger partial charge in [-0.1, -0.05) is 18.2 Å². The molecule has 0 radical (unpaired) electrons. The second-order valence-corrected chi connectivity index (χ2v) is 2.61. The summed E-state index contributed by atoms with van der Waals surface area (Å²) >= 11 is 4.08. The van der Waals surface area contributed by atoms with Crippen molar-refractivity contribution in [3.8, 4) is 0 Å². The minimum atomic E-state index is 1.02. The van der Waals surface area contributed by atoms with Gasteiger partial charge in [-0.15, -0.1) is 12.6 Å². The first kappa shape index (κ1) is 8.87. The van der Waals surface area contributed by atoms with Crippen molar-refractivity contribution >= 4 is 12.6 Å². The molecule has 0 amide bonds. The van der Waals surface area contributed by atoms with Crippen molar-refractivity contribution in [2.45, 2.75) is 4.90 Å². The molecule has 0 aliphatic carbocycles. The van der Waals surface area contributed by atoms with Gasteiger partial charge in [0, 0.05) is 17.3 Å². The highest BCUT2D eigenvalue weighted by molar-refractivity contribution is 7.80. The molecule has 0 atom stereocenters. The smallest absolute Gasteiger partial charge is 0.0919 e. The molecular formula is C9H10N2S. The summed E-state index contributed by atoms with van der Waals surface area (Å²) in [5.41, 5.74) is 0. The van der Waals surface area contributed by atoms with E-state index in [0.717, 1.165) is 4.90 Å². The molecular weight excluding hydrogens is 168 g/mol. The Morgan fingerprint density at radius 3 is 2.17 bits per heavy atom. The number of thiol groups is 1. The van der Waals surface area contributed by atoms with Crippen LogP contribution in [0.2, 0.25) is 0 Å². The lowest BCUT2D eigenvalue weighted by molar-refractivity contribution is 1.31. The van der Waals surface area contributed by atoms with Crippen molar-refractivity contribution in [2.75, 3.05) is 0 Å². The SMILES string of the molecule is Sc1ccccc1.c1c[nH]cn1. The van der Waals surface area contributed by atoms with Gasteiger partial charge in [0.2, 0.25) is 0 Å². The molecule has 0 fully saturated rings. The molecule has 0 spiro atoms. The Balaban J connectivity index is 0.000000127. The predicted molar refractivity (Wildman–Crippen MR) is 52.3 cm³/mol. The maximum Gasteiger partial charge on any atom is 0.0919 e. The first-order chi connectivity index (χ1) is 5.89. The maximum absolute atomic E-state index is 4.08. The van der Waals surface area contributed by atoms with Crippen LogP contribution >= 0.6 is 12.6 Å². The fourth-order valence-electron chi connectivity index (χ4n) is 0.643. The van der Waals surface area contributed by atoms with E-state index in [4.69, 9.17) is 0 Å². The van der Waals surface area contributed by atoms with Gasteiger partial charge in [0.25, 0.3) is 0 Å². The van der Waals surface area contributed by atoms with E-state index < -0.39 is 0 Å². The van der Waals surface area contributed by atoms with Crippen LogP contribution in [0.5, 0.6) is 0 Å². The maximum atomic E-state index is 4.08. The molecule has 12 heavy (non-hydrogen) atoms. The van der Waals surface area contributed by atoms with Crippen LogP contribution < -0.4 is 0 Å². The third-order valence-electron chi connectivity index (χ3n) is 1.16. The Kier molecular flexibility index (Phi) is 4.02. The Morgan fingerprint density at radius 1 is 1.17 bits per heavy atom. The van der Waals surface area contributed by atoms with E-state index in [2.05, 4.69) is 22.6 Å². The minimum absolute atomic E-state index is 1.02. The van der Waals surface area contributed by atoms with Crippen LogP contribution in [0.3, 0.4) is 0 Å². The summed E-state index contributed by atoms with van der Waals surface area (Å²) in [4.78, 5) is 7.43. The summed E-state index contributed by atoms with van der Waals surface area (Å²) in [6.07, 6.45) is 5.08. The van der Waals surface area contributed by atoms with Gasteiger partial charge in [-0.2, -0.15) is 0 Å². The molecule has 62 valence electrons. The lowest BCUT2D eigenvalue weighted by Gasteiger charge is -1.81. The van der Waals surface area contributed by atoms with Gasteiger partial charge >= 0.3 is 0 Å². The van der Waals surface area contributed by atoms with E-state index in [0.29, 0.717) is 0 Å². The largest absolute Gasteiger partial charge is 0.351 e. The van der Waals surface area contributed by atoms with Gasteiger partial charge in [-0.3, -0.25) is 0 Å². The summed E-state index contributed by atoms with van der Waals surface area (Å²) in [5, 5.41) is 0. The second kappa shape index (κ2) is 5.43. The molecule has 0 aliphatic heterocycles. The number of benzene rings is 1. The molecule has 1 N–H and O–H groups in total. The van der Waals surface area contributed by atoms with Crippen LogP contribution in [0.15, 0.2) is 53.9 Å². The molecule has 2 rings (SSSR count). The topological polar surface area (TPSA) is 28.7 Å². The normalized spacial score (nSPS) is 8.42. The highest BCUT2D eigenvalue weighted by Crippen LogP contribution is 2.00. The highest BCUT2D eigenvalue weighted by Gasteiger charge is 1.73. The fraction of sp³-hybridized carbons (Fsp3) is 0. The number of hydrogen-bond acceptors (Lipinski definition) is 2. The number of H-pyrrole nitrogens is 1. The van der Waals surface area contributed by atoms with E-state index in [1.165, 1.54) is 0 Å². The van der Waals surface area contributed by atoms with Crippen LogP contribution in [-0.4, -0.2) is 9.97 Å². The Morgan fingerprint density at radius 2 is 1.92 bits per heavy atom. The van der Waals surface area contributed by atoms with E-state index in [9.17, 15) is 0 Å². The zero-order valence-corrected chi connectivity index (χ0v) is 7.41. The average molecular weight is 178 g/mol. The molecule has 2 aromatic rings. The van der Waals surface area contributed by atoms with Gasteiger partial charge in [0.05, 0.1) is 6.33 Å². The van der Waals surface area contributed by atoms with Crippen LogP contribution in [0.1, 0.15) is 0 Å². The van der Waals surface area contributed by atoms with Crippen LogP contribution in [0, 0.1) is 0 Å². The summed E-state index contributed by atoms with van der Waals surface area (Å²) in [5.74, 6) is 0. The standard InChI is InChI=1S/C6H6S.C3H4N2/c7-6-4-2-1-3-5-6;1-2-5-3-4-1/h1-5,7H;1-3H,(H,4,5). The number of nitrogens with zero attached hydrogens (tertiary/aromatic N) is 1. The van der Waals surface area contributed by atoms with Gasteiger partial charge in [-0.05, 0) is 12.1 Å². The second-order valence-electron chi connectivity index (χ2n) is 2.10. The van der Waals surface area contributed by atoms with Crippen molar-refractivity contribution in [3.05, 3.63) is 49.1 Å². The van der Waals surface area contributed by atoms with E-state index in [-0.39, 0.29) is 0 Å². The molecule has 1 heterocycles. The number of hydrogen-bond donors (Lipinski definition) is 2. The summed E-state index contributed by atoms with van der Waals surface area (Å²) in [7, 11) is 0. The third kappa shape index (κ3) is 3.83. The number of aromatic nitrogens is 2. The number of rotatable bonds is 0. The number of aromatic amines is 1. The van der Waals surface area contributed by atoms with E-state index in [1.54, 1.807) is 18.7 Å². The van der Waals surface area contributed by atoms with Gasteiger partial charge < -0.3 is 4.98 Å². The van der Waals surface area contributed by atoms with Crippen molar-refractivity contribution in [3.63, 3.8) is 0 Å². The molecule has 2 nitrogen and oxygen atoms in total. The highest BCUT2D eigenvalue weighted by atomic mass is 32.1.